The first-order valence-electron chi connectivity index (χ1n) is 6.29. The molecule has 0 spiro atoms. The van der Waals surface area contributed by atoms with Gasteiger partial charge in [-0.15, -0.1) is 6.58 Å². The SMILES string of the molecule is C=CCN(CCO)C(=O)c1cc(-c2ccccc2)on1. The van der Waals surface area contributed by atoms with E-state index in [2.05, 4.69) is 11.7 Å². The Hall–Kier alpha value is -2.40. The number of benzene rings is 1. The third kappa shape index (κ3) is 3.13. The van der Waals surface area contributed by atoms with E-state index in [0.29, 0.717) is 12.3 Å². The van der Waals surface area contributed by atoms with Crippen molar-refractivity contribution in [2.24, 2.45) is 0 Å². The topological polar surface area (TPSA) is 66.6 Å². The summed E-state index contributed by atoms with van der Waals surface area (Å²) in [6.07, 6.45) is 1.60. The second-order valence-corrected chi connectivity index (χ2v) is 4.21. The van der Waals surface area contributed by atoms with Crippen molar-refractivity contribution in [3.63, 3.8) is 0 Å². The summed E-state index contributed by atoms with van der Waals surface area (Å²) in [5.41, 5.74) is 1.08. The van der Waals surface area contributed by atoms with Gasteiger partial charge in [0.2, 0.25) is 0 Å². The maximum Gasteiger partial charge on any atom is 0.276 e. The molecule has 0 saturated heterocycles. The minimum Gasteiger partial charge on any atom is -0.395 e. The lowest BCUT2D eigenvalue weighted by atomic mass is 10.1. The molecular formula is C15H16N2O3. The van der Waals surface area contributed by atoms with Crippen LogP contribution in [0.5, 0.6) is 0 Å². The van der Waals surface area contributed by atoms with E-state index >= 15 is 0 Å². The van der Waals surface area contributed by atoms with Gasteiger partial charge in [0.25, 0.3) is 5.91 Å². The summed E-state index contributed by atoms with van der Waals surface area (Å²) in [5, 5.41) is 12.8. The van der Waals surface area contributed by atoms with E-state index in [0.717, 1.165) is 5.56 Å². The molecule has 2 rings (SSSR count). The highest BCUT2D eigenvalue weighted by molar-refractivity contribution is 5.93. The summed E-state index contributed by atoms with van der Waals surface area (Å²) in [5.74, 6) is 0.251. The van der Waals surface area contributed by atoms with Gasteiger partial charge in [-0.25, -0.2) is 0 Å². The van der Waals surface area contributed by atoms with Crippen molar-refractivity contribution in [2.75, 3.05) is 19.7 Å². The second-order valence-electron chi connectivity index (χ2n) is 4.21. The van der Waals surface area contributed by atoms with Crippen LogP contribution in [0.1, 0.15) is 10.5 Å². The summed E-state index contributed by atoms with van der Waals surface area (Å²) in [7, 11) is 0. The predicted molar refractivity (Wildman–Crippen MR) is 75.1 cm³/mol. The largest absolute Gasteiger partial charge is 0.395 e. The highest BCUT2D eigenvalue weighted by Gasteiger charge is 2.19. The molecule has 0 aliphatic rings. The van der Waals surface area contributed by atoms with Gasteiger partial charge in [0.1, 0.15) is 0 Å². The molecule has 0 aliphatic carbocycles. The molecule has 0 atom stereocenters. The monoisotopic (exact) mass is 272 g/mol. The van der Waals surface area contributed by atoms with Crippen LogP contribution in [-0.2, 0) is 0 Å². The Labute approximate surface area is 117 Å². The Bertz CT molecular complexity index is 578. The van der Waals surface area contributed by atoms with Gasteiger partial charge in [0.05, 0.1) is 6.61 Å². The normalized spacial score (nSPS) is 10.2. The number of rotatable bonds is 6. The van der Waals surface area contributed by atoms with Crippen LogP contribution in [0.25, 0.3) is 11.3 Å². The fourth-order valence-corrected chi connectivity index (χ4v) is 1.83. The number of amides is 1. The van der Waals surface area contributed by atoms with Crippen LogP contribution in [0.4, 0.5) is 0 Å². The molecule has 0 saturated carbocycles. The lowest BCUT2D eigenvalue weighted by Crippen LogP contribution is -2.33. The quantitative estimate of drug-likeness (QED) is 0.816. The maximum atomic E-state index is 12.2. The minimum absolute atomic E-state index is 0.108. The van der Waals surface area contributed by atoms with Crippen molar-refractivity contribution in [2.45, 2.75) is 0 Å². The van der Waals surface area contributed by atoms with Crippen LogP contribution in [0.2, 0.25) is 0 Å². The molecule has 1 heterocycles. The van der Waals surface area contributed by atoms with Crippen LogP contribution in [0, 0.1) is 0 Å². The van der Waals surface area contributed by atoms with Crippen LogP contribution >= 0.6 is 0 Å². The van der Waals surface area contributed by atoms with Gasteiger partial charge in [-0.05, 0) is 0 Å². The molecule has 1 N–H and O–H groups in total. The standard InChI is InChI=1S/C15H16N2O3/c1-2-8-17(9-10-18)15(19)13-11-14(20-16-13)12-6-4-3-5-7-12/h2-7,11,18H,1,8-10H2. The molecule has 1 aromatic heterocycles. The lowest BCUT2D eigenvalue weighted by Gasteiger charge is -2.17. The number of hydrogen-bond donors (Lipinski definition) is 1. The average Bonchev–Trinajstić information content (AvgIpc) is 2.97. The molecule has 1 amide bonds. The Morgan fingerprint density at radius 1 is 1.40 bits per heavy atom. The van der Waals surface area contributed by atoms with E-state index in [4.69, 9.17) is 9.63 Å². The van der Waals surface area contributed by atoms with E-state index in [1.54, 1.807) is 12.1 Å². The zero-order valence-corrected chi connectivity index (χ0v) is 11.0. The van der Waals surface area contributed by atoms with Crippen molar-refractivity contribution < 1.29 is 14.4 Å². The van der Waals surface area contributed by atoms with Gasteiger partial charge < -0.3 is 14.5 Å². The average molecular weight is 272 g/mol. The molecule has 0 radical (unpaired) electrons. The number of hydrogen-bond acceptors (Lipinski definition) is 4. The molecule has 104 valence electrons. The number of carbonyl (C=O) groups excluding carboxylic acids is 1. The van der Waals surface area contributed by atoms with Gasteiger partial charge >= 0.3 is 0 Å². The van der Waals surface area contributed by atoms with Gasteiger partial charge in [-0.3, -0.25) is 4.79 Å². The van der Waals surface area contributed by atoms with Crippen molar-refractivity contribution in [3.8, 4) is 11.3 Å². The molecule has 5 heteroatoms. The molecular weight excluding hydrogens is 256 g/mol. The van der Waals surface area contributed by atoms with Crippen molar-refractivity contribution in [3.05, 3.63) is 54.7 Å². The molecule has 1 aromatic carbocycles. The fraction of sp³-hybridized carbons (Fsp3) is 0.200. The Morgan fingerprint density at radius 2 is 2.15 bits per heavy atom. The van der Waals surface area contributed by atoms with Gasteiger partial charge in [-0.2, -0.15) is 0 Å². The van der Waals surface area contributed by atoms with Crippen LogP contribution in [0.15, 0.2) is 53.6 Å². The summed E-state index contributed by atoms with van der Waals surface area (Å²) in [6.45, 7) is 4.07. The zero-order chi connectivity index (χ0) is 14.4. The zero-order valence-electron chi connectivity index (χ0n) is 11.0. The number of aliphatic hydroxyl groups excluding tert-OH is 1. The first-order chi connectivity index (χ1) is 9.76. The van der Waals surface area contributed by atoms with Gasteiger partial charge in [-0.1, -0.05) is 41.6 Å². The summed E-state index contributed by atoms with van der Waals surface area (Å²) < 4.78 is 5.19. The summed E-state index contributed by atoms with van der Waals surface area (Å²) >= 11 is 0. The van der Waals surface area contributed by atoms with Gasteiger partial charge in [0, 0.05) is 24.7 Å². The van der Waals surface area contributed by atoms with E-state index < -0.39 is 0 Å². The Morgan fingerprint density at radius 3 is 2.80 bits per heavy atom. The first-order valence-corrected chi connectivity index (χ1v) is 6.29. The number of aromatic nitrogens is 1. The lowest BCUT2D eigenvalue weighted by molar-refractivity contribution is 0.0732. The van der Waals surface area contributed by atoms with Crippen LogP contribution in [-0.4, -0.2) is 40.8 Å². The minimum atomic E-state index is -0.287. The van der Waals surface area contributed by atoms with E-state index in [1.165, 1.54) is 4.90 Å². The third-order valence-electron chi connectivity index (χ3n) is 2.79. The fourth-order valence-electron chi connectivity index (χ4n) is 1.83. The molecule has 0 aliphatic heterocycles. The van der Waals surface area contributed by atoms with Crippen molar-refractivity contribution in [1.29, 1.82) is 0 Å². The Kier molecular flexibility index (Phi) is 4.68. The molecule has 5 nitrogen and oxygen atoms in total. The number of aliphatic hydroxyl groups is 1. The molecule has 0 bridgehead atoms. The van der Waals surface area contributed by atoms with Crippen LogP contribution < -0.4 is 0 Å². The number of nitrogens with zero attached hydrogens (tertiary/aromatic N) is 2. The summed E-state index contributed by atoms with van der Waals surface area (Å²) in [4.78, 5) is 13.7. The second kappa shape index (κ2) is 6.68. The number of carbonyl (C=O) groups is 1. The van der Waals surface area contributed by atoms with E-state index in [-0.39, 0.29) is 24.8 Å². The maximum absolute atomic E-state index is 12.2. The van der Waals surface area contributed by atoms with E-state index in [9.17, 15) is 4.79 Å². The van der Waals surface area contributed by atoms with Crippen molar-refractivity contribution >= 4 is 5.91 Å². The highest BCUT2D eigenvalue weighted by Crippen LogP contribution is 2.20. The molecule has 0 unspecified atom stereocenters. The van der Waals surface area contributed by atoms with E-state index in [1.807, 2.05) is 30.3 Å². The Balaban J connectivity index is 2.19. The summed E-state index contributed by atoms with van der Waals surface area (Å²) in [6, 6.07) is 11.0. The highest BCUT2D eigenvalue weighted by atomic mass is 16.5. The molecule has 0 fully saturated rings. The first kappa shape index (κ1) is 14.0. The van der Waals surface area contributed by atoms with Crippen LogP contribution in [0.3, 0.4) is 0 Å². The predicted octanol–water partition coefficient (Wildman–Crippen LogP) is 1.96. The molecule has 2 aromatic rings. The van der Waals surface area contributed by atoms with Crippen molar-refractivity contribution in [1.82, 2.24) is 10.1 Å². The molecule has 20 heavy (non-hydrogen) atoms. The smallest absolute Gasteiger partial charge is 0.276 e. The third-order valence-corrected chi connectivity index (χ3v) is 2.79. The van der Waals surface area contributed by atoms with Gasteiger partial charge in [0.15, 0.2) is 11.5 Å².